The SMILES string of the molecule is CN1CCN(CC(O)C2CC2)CC1(C)C. The van der Waals surface area contributed by atoms with Crippen LogP contribution in [0.15, 0.2) is 0 Å². The van der Waals surface area contributed by atoms with Crippen molar-refractivity contribution in [3.63, 3.8) is 0 Å². The molecule has 88 valence electrons. The van der Waals surface area contributed by atoms with Crippen LogP contribution < -0.4 is 0 Å². The Balaban J connectivity index is 1.83. The highest BCUT2D eigenvalue weighted by Gasteiger charge is 2.35. The van der Waals surface area contributed by atoms with Gasteiger partial charge in [-0.3, -0.25) is 9.80 Å². The van der Waals surface area contributed by atoms with Crippen molar-refractivity contribution in [2.24, 2.45) is 5.92 Å². The molecule has 1 saturated carbocycles. The molecule has 2 fully saturated rings. The molecule has 1 aliphatic carbocycles. The summed E-state index contributed by atoms with van der Waals surface area (Å²) in [5, 5.41) is 9.92. The average Bonchev–Trinajstić information content (AvgIpc) is 2.93. The molecule has 15 heavy (non-hydrogen) atoms. The van der Waals surface area contributed by atoms with E-state index in [1.54, 1.807) is 0 Å². The number of aliphatic hydroxyl groups is 1. The van der Waals surface area contributed by atoms with Gasteiger partial charge < -0.3 is 5.11 Å². The van der Waals surface area contributed by atoms with E-state index in [1.807, 2.05) is 0 Å². The van der Waals surface area contributed by atoms with Gasteiger partial charge in [0.2, 0.25) is 0 Å². The number of aliphatic hydroxyl groups excluding tert-OH is 1. The van der Waals surface area contributed by atoms with Crippen molar-refractivity contribution in [1.82, 2.24) is 9.80 Å². The van der Waals surface area contributed by atoms with Crippen LogP contribution in [0, 0.1) is 5.92 Å². The summed E-state index contributed by atoms with van der Waals surface area (Å²) in [6, 6.07) is 0. The third-order valence-electron chi connectivity index (χ3n) is 4.01. The molecule has 0 bridgehead atoms. The van der Waals surface area contributed by atoms with E-state index < -0.39 is 0 Å². The fourth-order valence-corrected chi connectivity index (χ4v) is 2.39. The second-order valence-corrected chi connectivity index (χ2v) is 5.87. The molecule has 0 radical (unpaired) electrons. The van der Waals surface area contributed by atoms with E-state index in [9.17, 15) is 5.11 Å². The van der Waals surface area contributed by atoms with Gasteiger partial charge in [0.15, 0.2) is 0 Å². The summed E-state index contributed by atoms with van der Waals surface area (Å²) in [5.41, 5.74) is 0.252. The van der Waals surface area contributed by atoms with Gasteiger partial charge in [0.05, 0.1) is 6.10 Å². The molecule has 1 unspecified atom stereocenters. The maximum absolute atomic E-state index is 9.92. The summed E-state index contributed by atoms with van der Waals surface area (Å²) in [4.78, 5) is 4.83. The summed E-state index contributed by atoms with van der Waals surface area (Å²) >= 11 is 0. The highest BCUT2D eigenvalue weighted by Crippen LogP contribution is 2.33. The van der Waals surface area contributed by atoms with Crippen LogP contribution in [0.25, 0.3) is 0 Å². The lowest BCUT2D eigenvalue weighted by Crippen LogP contribution is -2.58. The van der Waals surface area contributed by atoms with Crippen LogP contribution in [0.5, 0.6) is 0 Å². The molecular weight excluding hydrogens is 188 g/mol. The number of piperazine rings is 1. The quantitative estimate of drug-likeness (QED) is 0.749. The summed E-state index contributed by atoms with van der Waals surface area (Å²) in [6.07, 6.45) is 2.39. The van der Waals surface area contributed by atoms with Crippen molar-refractivity contribution >= 4 is 0 Å². The smallest absolute Gasteiger partial charge is 0.0695 e. The highest BCUT2D eigenvalue weighted by atomic mass is 16.3. The van der Waals surface area contributed by atoms with Gasteiger partial charge in [-0.05, 0) is 39.7 Å². The van der Waals surface area contributed by atoms with Crippen molar-refractivity contribution in [3.8, 4) is 0 Å². The minimum atomic E-state index is -0.0794. The first kappa shape index (κ1) is 11.4. The van der Waals surface area contributed by atoms with Crippen LogP contribution in [-0.4, -0.2) is 59.8 Å². The molecule has 0 aromatic carbocycles. The summed E-state index contributed by atoms with van der Waals surface area (Å²) < 4.78 is 0. The van der Waals surface area contributed by atoms with E-state index in [0.29, 0.717) is 5.92 Å². The maximum Gasteiger partial charge on any atom is 0.0695 e. The van der Waals surface area contributed by atoms with Crippen molar-refractivity contribution in [3.05, 3.63) is 0 Å². The number of hydrogen-bond acceptors (Lipinski definition) is 3. The lowest BCUT2D eigenvalue weighted by molar-refractivity contribution is 0.00995. The first-order chi connectivity index (χ1) is 6.99. The van der Waals surface area contributed by atoms with Crippen molar-refractivity contribution in [2.45, 2.75) is 38.3 Å². The molecule has 0 aromatic heterocycles. The molecule has 1 saturated heterocycles. The van der Waals surface area contributed by atoms with E-state index >= 15 is 0 Å². The zero-order valence-corrected chi connectivity index (χ0v) is 10.2. The Kier molecular flexibility index (Phi) is 3.06. The Morgan fingerprint density at radius 3 is 2.53 bits per heavy atom. The molecular formula is C12H24N2O. The fraction of sp³-hybridized carbons (Fsp3) is 1.00. The van der Waals surface area contributed by atoms with Gasteiger partial charge in [0.25, 0.3) is 0 Å². The largest absolute Gasteiger partial charge is 0.392 e. The number of likely N-dealkylation sites (N-methyl/N-ethyl adjacent to an activating group) is 1. The molecule has 1 atom stereocenters. The Morgan fingerprint density at radius 1 is 1.33 bits per heavy atom. The fourth-order valence-electron chi connectivity index (χ4n) is 2.39. The lowest BCUT2D eigenvalue weighted by atomic mass is 9.99. The van der Waals surface area contributed by atoms with E-state index in [2.05, 4.69) is 30.7 Å². The van der Waals surface area contributed by atoms with Gasteiger partial charge in [-0.15, -0.1) is 0 Å². The van der Waals surface area contributed by atoms with Gasteiger partial charge in [-0.1, -0.05) is 0 Å². The topological polar surface area (TPSA) is 26.7 Å². The van der Waals surface area contributed by atoms with Crippen LogP contribution in [-0.2, 0) is 0 Å². The van der Waals surface area contributed by atoms with Crippen molar-refractivity contribution < 1.29 is 5.11 Å². The second-order valence-electron chi connectivity index (χ2n) is 5.87. The number of nitrogens with zero attached hydrogens (tertiary/aromatic N) is 2. The highest BCUT2D eigenvalue weighted by molar-refractivity contribution is 4.90. The predicted molar refractivity (Wildman–Crippen MR) is 61.9 cm³/mol. The molecule has 3 heteroatoms. The van der Waals surface area contributed by atoms with Crippen LogP contribution in [0.2, 0.25) is 0 Å². The van der Waals surface area contributed by atoms with Crippen LogP contribution in [0.3, 0.4) is 0 Å². The minimum Gasteiger partial charge on any atom is -0.392 e. The Bertz CT molecular complexity index is 226. The third kappa shape index (κ3) is 2.71. The molecule has 0 spiro atoms. The molecule has 3 nitrogen and oxygen atoms in total. The normalized spacial score (nSPS) is 30.4. The first-order valence-electron chi connectivity index (χ1n) is 6.11. The molecule has 1 N–H and O–H groups in total. The molecule has 2 rings (SSSR count). The summed E-state index contributed by atoms with van der Waals surface area (Å²) in [7, 11) is 2.19. The zero-order chi connectivity index (χ0) is 11.1. The van der Waals surface area contributed by atoms with Gasteiger partial charge in [-0.2, -0.15) is 0 Å². The summed E-state index contributed by atoms with van der Waals surface area (Å²) in [6.45, 7) is 8.73. The van der Waals surface area contributed by atoms with E-state index in [0.717, 1.165) is 26.2 Å². The Labute approximate surface area is 93.1 Å². The number of hydrogen-bond donors (Lipinski definition) is 1. The van der Waals surface area contributed by atoms with Crippen LogP contribution in [0.1, 0.15) is 26.7 Å². The summed E-state index contributed by atoms with van der Waals surface area (Å²) in [5.74, 6) is 0.604. The van der Waals surface area contributed by atoms with Crippen molar-refractivity contribution in [1.29, 1.82) is 0 Å². The molecule has 0 aromatic rings. The molecule has 1 aliphatic heterocycles. The third-order valence-corrected chi connectivity index (χ3v) is 4.01. The zero-order valence-electron chi connectivity index (χ0n) is 10.2. The van der Waals surface area contributed by atoms with E-state index in [1.165, 1.54) is 12.8 Å². The van der Waals surface area contributed by atoms with Gasteiger partial charge in [-0.25, -0.2) is 0 Å². The monoisotopic (exact) mass is 212 g/mol. The van der Waals surface area contributed by atoms with Gasteiger partial charge >= 0.3 is 0 Å². The predicted octanol–water partition coefficient (Wildman–Crippen LogP) is 0.783. The van der Waals surface area contributed by atoms with Crippen molar-refractivity contribution in [2.75, 3.05) is 33.2 Å². The van der Waals surface area contributed by atoms with Gasteiger partial charge in [0.1, 0.15) is 0 Å². The molecule has 2 aliphatic rings. The minimum absolute atomic E-state index is 0.0794. The Morgan fingerprint density at radius 2 is 2.00 bits per heavy atom. The standard InChI is InChI=1S/C12H24N2O/c1-12(2)9-14(7-6-13(12)3)8-11(15)10-4-5-10/h10-11,15H,4-9H2,1-3H3. The first-order valence-corrected chi connectivity index (χ1v) is 6.11. The Hall–Kier alpha value is -0.120. The number of rotatable bonds is 3. The van der Waals surface area contributed by atoms with Crippen LogP contribution in [0.4, 0.5) is 0 Å². The molecule has 1 heterocycles. The molecule has 0 amide bonds. The van der Waals surface area contributed by atoms with E-state index in [-0.39, 0.29) is 11.6 Å². The van der Waals surface area contributed by atoms with Crippen LogP contribution >= 0.6 is 0 Å². The van der Waals surface area contributed by atoms with E-state index in [4.69, 9.17) is 0 Å². The second kappa shape index (κ2) is 4.04. The average molecular weight is 212 g/mol. The number of β-amino-alcohol motifs (C(OH)–C–C–N with tert-alkyl or cyclic N) is 1. The van der Waals surface area contributed by atoms with Gasteiger partial charge in [0, 0.05) is 31.7 Å². The maximum atomic E-state index is 9.92. The lowest BCUT2D eigenvalue weighted by Gasteiger charge is -2.45.